The zero-order chi connectivity index (χ0) is 13.5. The molecule has 1 aromatic rings. The van der Waals surface area contributed by atoms with Crippen molar-refractivity contribution >= 4 is 11.6 Å². The minimum Gasteiger partial charge on any atom is -0.361 e. The van der Waals surface area contributed by atoms with E-state index < -0.39 is 11.5 Å². The smallest absolute Gasteiger partial charge is 0.170 e. The van der Waals surface area contributed by atoms with Crippen molar-refractivity contribution in [3.05, 3.63) is 60.2 Å². The standard InChI is InChI=1S/C16H14O3/c1-2-9-19-16-8-7-11(17)10-14(16)15(18)12-5-3-4-6-13(12)16/h2-8,14H,1,9-10H2. The molecule has 2 aliphatic carbocycles. The summed E-state index contributed by atoms with van der Waals surface area (Å²) >= 11 is 0. The van der Waals surface area contributed by atoms with Gasteiger partial charge in [0.05, 0.1) is 12.5 Å². The zero-order valence-electron chi connectivity index (χ0n) is 10.5. The van der Waals surface area contributed by atoms with E-state index in [1.54, 1.807) is 18.2 Å². The van der Waals surface area contributed by atoms with Crippen molar-refractivity contribution in [1.29, 1.82) is 0 Å². The Balaban J connectivity index is 2.18. The molecular weight excluding hydrogens is 240 g/mol. The molecule has 3 nitrogen and oxygen atoms in total. The fourth-order valence-electron chi connectivity index (χ4n) is 2.97. The Bertz CT molecular complexity index is 600. The van der Waals surface area contributed by atoms with Gasteiger partial charge >= 0.3 is 0 Å². The number of Topliss-reactive ketones (excluding diaryl/α,β-unsaturated/α-hetero) is 1. The number of ether oxygens (including phenoxy) is 1. The topological polar surface area (TPSA) is 43.4 Å². The summed E-state index contributed by atoms with van der Waals surface area (Å²) in [6.45, 7) is 3.99. The number of rotatable bonds is 3. The van der Waals surface area contributed by atoms with Gasteiger partial charge in [-0.15, -0.1) is 6.58 Å². The van der Waals surface area contributed by atoms with Crippen LogP contribution in [0, 0.1) is 5.92 Å². The number of fused-ring (bicyclic) bond motifs is 3. The third-order valence-electron chi connectivity index (χ3n) is 3.81. The lowest BCUT2D eigenvalue weighted by Gasteiger charge is -2.34. The van der Waals surface area contributed by atoms with E-state index in [4.69, 9.17) is 4.74 Å². The van der Waals surface area contributed by atoms with Crippen LogP contribution >= 0.6 is 0 Å². The molecule has 0 saturated carbocycles. The first-order valence-corrected chi connectivity index (χ1v) is 6.29. The van der Waals surface area contributed by atoms with E-state index >= 15 is 0 Å². The third kappa shape index (κ3) is 1.62. The summed E-state index contributed by atoms with van der Waals surface area (Å²) in [5, 5.41) is 0. The number of hydrogen-bond donors (Lipinski definition) is 0. The molecule has 2 atom stereocenters. The Kier molecular flexibility index (Phi) is 2.72. The van der Waals surface area contributed by atoms with Gasteiger partial charge in [-0.2, -0.15) is 0 Å². The molecule has 0 heterocycles. The molecule has 0 N–H and O–H groups in total. The Hall–Kier alpha value is -2.00. The number of hydrogen-bond acceptors (Lipinski definition) is 3. The van der Waals surface area contributed by atoms with Crippen LogP contribution in [0.4, 0.5) is 0 Å². The van der Waals surface area contributed by atoms with E-state index in [9.17, 15) is 9.59 Å². The van der Waals surface area contributed by atoms with Crippen LogP contribution in [-0.4, -0.2) is 18.2 Å². The van der Waals surface area contributed by atoms with Crippen LogP contribution in [-0.2, 0) is 15.1 Å². The number of carbonyl (C=O) groups is 2. The first-order chi connectivity index (χ1) is 9.19. The van der Waals surface area contributed by atoms with Gasteiger partial charge in [-0.05, 0) is 17.7 Å². The van der Waals surface area contributed by atoms with Gasteiger partial charge in [-0.1, -0.05) is 30.3 Å². The lowest BCUT2D eigenvalue weighted by atomic mass is 9.79. The highest BCUT2D eigenvalue weighted by Gasteiger charge is 2.53. The first-order valence-electron chi connectivity index (χ1n) is 6.29. The molecule has 0 fully saturated rings. The van der Waals surface area contributed by atoms with Crippen LogP contribution in [0.1, 0.15) is 22.3 Å². The second-order valence-electron chi connectivity index (χ2n) is 4.86. The van der Waals surface area contributed by atoms with Gasteiger partial charge in [0.25, 0.3) is 0 Å². The molecule has 0 saturated heterocycles. The Morgan fingerprint density at radius 1 is 1.37 bits per heavy atom. The summed E-state index contributed by atoms with van der Waals surface area (Å²) in [7, 11) is 0. The van der Waals surface area contributed by atoms with Gasteiger partial charge < -0.3 is 4.74 Å². The Labute approximate surface area is 111 Å². The molecule has 0 aliphatic heterocycles. The molecule has 96 valence electrons. The first kappa shape index (κ1) is 12.1. The predicted octanol–water partition coefficient (Wildman–Crippen LogP) is 2.43. The van der Waals surface area contributed by atoms with E-state index in [1.807, 2.05) is 18.2 Å². The van der Waals surface area contributed by atoms with Crippen LogP contribution < -0.4 is 0 Å². The van der Waals surface area contributed by atoms with E-state index in [1.165, 1.54) is 6.08 Å². The average molecular weight is 254 g/mol. The van der Waals surface area contributed by atoms with Gasteiger partial charge in [0.2, 0.25) is 0 Å². The molecular formula is C16H14O3. The molecule has 0 amide bonds. The van der Waals surface area contributed by atoms with Crippen molar-refractivity contribution in [3.63, 3.8) is 0 Å². The Morgan fingerprint density at radius 2 is 2.16 bits per heavy atom. The van der Waals surface area contributed by atoms with Crippen LogP contribution in [0.25, 0.3) is 0 Å². The third-order valence-corrected chi connectivity index (χ3v) is 3.81. The quantitative estimate of drug-likeness (QED) is 0.778. The minimum absolute atomic E-state index is 0.00244. The van der Waals surface area contributed by atoms with Crippen LogP contribution in [0.5, 0.6) is 0 Å². The highest BCUT2D eigenvalue weighted by atomic mass is 16.5. The molecule has 3 rings (SSSR count). The van der Waals surface area contributed by atoms with Gasteiger partial charge in [-0.25, -0.2) is 0 Å². The minimum atomic E-state index is -0.796. The molecule has 2 unspecified atom stereocenters. The molecule has 0 bridgehead atoms. The predicted molar refractivity (Wildman–Crippen MR) is 70.9 cm³/mol. The highest BCUT2D eigenvalue weighted by molar-refractivity contribution is 6.08. The van der Waals surface area contributed by atoms with Crippen molar-refractivity contribution in [1.82, 2.24) is 0 Å². The van der Waals surface area contributed by atoms with Crippen LogP contribution in [0.2, 0.25) is 0 Å². The average Bonchev–Trinajstić information content (AvgIpc) is 2.68. The number of ketones is 2. The van der Waals surface area contributed by atoms with E-state index in [2.05, 4.69) is 6.58 Å². The second kappa shape index (κ2) is 4.28. The summed E-state index contributed by atoms with van der Waals surface area (Å²) in [5.74, 6) is -0.469. The van der Waals surface area contributed by atoms with Gasteiger partial charge in [-0.3, -0.25) is 9.59 Å². The number of carbonyl (C=O) groups excluding carboxylic acids is 2. The highest BCUT2D eigenvalue weighted by Crippen LogP contribution is 2.48. The van der Waals surface area contributed by atoms with Crippen molar-refractivity contribution in [3.8, 4) is 0 Å². The van der Waals surface area contributed by atoms with Crippen LogP contribution in [0.15, 0.2) is 49.1 Å². The summed E-state index contributed by atoms with van der Waals surface area (Å²) in [5.41, 5.74) is 0.724. The summed E-state index contributed by atoms with van der Waals surface area (Å²) in [4.78, 5) is 24.1. The second-order valence-corrected chi connectivity index (χ2v) is 4.86. The maximum Gasteiger partial charge on any atom is 0.170 e. The van der Waals surface area contributed by atoms with Crippen molar-refractivity contribution < 1.29 is 14.3 Å². The van der Waals surface area contributed by atoms with Crippen LogP contribution in [0.3, 0.4) is 0 Å². The maximum atomic E-state index is 12.5. The monoisotopic (exact) mass is 254 g/mol. The van der Waals surface area contributed by atoms with E-state index in [0.29, 0.717) is 12.2 Å². The number of benzene rings is 1. The lowest BCUT2D eigenvalue weighted by molar-refractivity contribution is -0.119. The van der Waals surface area contributed by atoms with Crippen molar-refractivity contribution in [2.75, 3.05) is 6.61 Å². The molecule has 1 aromatic carbocycles. The zero-order valence-corrected chi connectivity index (χ0v) is 10.5. The summed E-state index contributed by atoms with van der Waals surface area (Å²) in [6.07, 6.45) is 5.12. The molecule has 0 spiro atoms. The number of allylic oxidation sites excluding steroid dienone is 1. The molecule has 0 radical (unpaired) electrons. The fourth-order valence-corrected chi connectivity index (χ4v) is 2.97. The van der Waals surface area contributed by atoms with Crippen molar-refractivity contribution in [2.45, 2.75) is 12.0 Å². The van der Waals surface area contributed by atoms with Gasteiger partial charge in [0.1, 0.15) is 5.60 Å². The summed E-state index contributed by atoms with van der Waals surface area (Å²) in [6, 6.07) is 7.42. The SMILES string of the molecule is C=CCOC12C=CC(=O)CC1C(=O)c1ccccc12. The normalized spacial score (nSPS) is 28.1. The fraction of sp³-hybridized carbons (Fsp3) is 0.250. The molecule has 3 heteroatoms. The van der Waals surface area contributed by atoms with E-state index in [0.717, 1.165) is 5.56 Å². The van der Waals surface area contributed by atoms with Gasteiger partial charge in [0, 0.05) is 12.0 Å². The molecule has 19 heavy (non-hydrogen) atoms. The largest absolute Gasteiger partial charge is 0.361 e. The van der Waals surface area contributed by atoms with Gasteiger partial charge in [0.15, 0.2) is 11.6 Å². The Morgan fingerprint density at radius 3 is 2.95 bits per heavy atom. The summed E-state index contributed by atoms with van der Waals surface area (Å²) < 4.78 is 5.91. The maximum absolute atomic E-state index is 12.5. The van der Waals surface area contributed by atoms with E-state index in [-0.39, 0.29) is 18.0 Å². The molecule has 2 aliphatic rings. The molecule has 0 aromatic heterocycles. The van der Waals surface area contributed by atoms with Crippen molar-refractivity contribution in [2.24, 2.45) is 5.92 Å². The lowest BCUT2D eigenvalue weighted by Crippen LogP contribution is -2.38.